The normalized spacial score (nSPS) is 17.6. The minimum atomic E-state index is -2.09. The molecule has 0 radical (unpaired) electrons. The van der Waals surface area contributed by atoms with E-state index < -0.39 is 16.6 Å². The van der Waals surface area contributed by atoms with Gasteiger partial charge in [0.2, 0.25) is 14.2 Å². The molecule has 4 nitrogen and oxygen atoms in total. The van der Waals surface area contributed by atoms with E-state index in [1.54, 1.807) is 11.8 Å². The van der Waals surface area contributed by atoms with Crippen molar-refractivity contribution < 1.29 is 13.6 Å². The summed E-state index contributed by atoms with van der Waals surface area (Å²) >= 11 is 7.29. The van der Waals surface area contributed by atoms with Crippen molar-refractivity contribution in [1.82, 2.24) is 4.90 Å². The predicted octanol–water partition coefficient (Wildman–Crippen LogP) is 9.26. The number of carbonyl (C=O) groups is 1. The van der Waals surface area contributed by atoms with Crippen molar-refractivity contribution in [3.8, 4) is 5.75 Å². The van der Waals surface area contributed by atoms with Crippen LogP contribution in [0.2, 0.25) is 36.3 Å². The zero-order valence-electron chi connectivity index (χ0n) is 26.9. The number of aryl methyl sites for hydroxylation is 1. The average Bonchev–Trinajstić information content (AvgIpc) is 3.22. The Kier molecular flexibility index (Phi) is 11.2. The summed E-state index contributed by atoms with van der Waals surface area (Å²) in [4.78, 5) is 15.7. The summed E-state index contributed by atoms with van der Waals surface area (Å²) in [6.07, 6.45) is 2.65. The summed E-state index contributed by atoms with van der Waals surface area (Å²) in [6.45, 7) is 22.6. The van der Waals surface area contributed by atoms with Crippen LogP contribution in [-0.2, 0) is 22.1 Å². The van der Waals surface area contributed by atoms with E-state index in [1.165, 1.54) is 11.1 Å². The van der Waals surface area contributed by atoms with Gasteiger partial charge in [-0.1, -0.05) is 108 Å². The highest BCUT2D eigenvalue weighted by molar-refractivity contribution is 8.23. The molecule has 0 saturated carbocycles. The second kappa shape index (κ2) is 13.5. The van der Waals surface area contributed by atoms with E-state index in [9.17, 15) is 4.79 Å². The summed E-state index contributed by atoms with van der Waals surface area (Å²) in [5.41, 5.74) is 2.47. The molecule has 41 heavy (non-hydrogen) atoms. The molecule has 1 amide bonds. The van der Waals surface area contributed by atoms with Crippen LogP contribution in [0.3, 0.4) is 0 Å². The van der Waals surface area contributed by atoms with Gasteiger partial charge in [0.25, 0.3) is 0 Å². The molecule has 2 atom stereocenters. The smallest absolute Gasteiger partial charge is 0.250 e. The monoisotopic (exact) mass is 629 g/mol. The SMILES string of the molecule is CC(C)(C)[Si](C)(C)Oc1ccc(CC[C@@H](CC(=O)N2C(=S)SC[C@@H]2Cc2ccccc2)O[Si](C)(C)C(C)(C)C)cc1. The zero-order valence-corrected chi connectivity index (χ0v) is 30.5. The van der Waals surface area contributed by atoms with Crippen LogP contribution in [0.4, 0.5) is 0 Å². The maximum absolute atomic E-state index is 13.8. The minimum absolute atomic E-state index is 0.0612. The van der Waals surface area contributed by atoms with Crippen molar-refractivity contribution in [1.29, 1.82) is 0 Å². The molecule has 8 heteroatoms. The van der Waals surface area contributed by atoms with Gasteiger partial charge in [-0.05, 0) is 78.8 Å². The fourth-order valence-corrected chi connectivity index (χ4v) is 8.26. The molecule has 2 aromatic carbocycles. The van der Waals surface area contributed by atoms with E-state index in [-0.39, 0.29) is 28.1 Å². The summed E-state index contributed by atoms with van der Waals surface area (Å²) in [6, 6.07) is 19.0. The van der Waals surface area contributed by atoms with Gasteiger partial charge >= 0.3 is 0 Å². The number of carbonyl (C=O) groups excluding carboxylic acids is 1. The molecule has 1 saturated heterocycles. The second-order valence-electron chi connectivity index (χ2n) is 14.4. The molecular formula is C33H51NO3S2Si2. The molecule has 226 valence electrons. The first-order valence-corrected chi connectivity index (χ1v) is 22.1. The molecule has 1 fully saturated rings. The molecule has 0 aromatic heterocycles. The van der Waals surface area contributed by atoms with Crippen LogP contribution in [-0.4, -0.2) is 49.7 Å². The van der Waals surface area contributed by atoms with Crippen molar-refractivity contribution in [3.05, 3.63) is 65.7 Å². The van der Waals surface area contributed by atoms with Crippen LogP contribution in [0.1, 0.15) is 65.5 Å². The highest BCUT2D eigenvalue weighted by Gasteiger charge is 2.41. The van der Waals surface area contributed by atoms with E-state index in [0.29, 0.717) is 10.7 Å². The van der Waals surface area contributed by atoms with Gasteiger partial charge < -0.3 is 8.85 Å². The molecule has 1 heterocycles. The molecule has 0 bridgehead atoms. The number of amides is 1. The van der Waals surface area contributed by atoms with Gasteiger partial charge in [0.15, 0.2) is 8.32 Å². The van der Waals surface area contributed by atoms with Crippen LogP contribution in [0, 0.1) is 0 Å². The fraction of sp³-hybridized carbons (Fsp3) is 0.576. The standard InChI is InChI=1S/C33H51NO3S2Si2/c1-32(2,3)40(7,8)36-28-19-16-25(17-20-28)18-21-29(37-41(9,10)33(4,5)6)23-30(35)34-27(24-39-31(34)38)22-26-14-12-11-13-15-26/h11-17,19-20,27,29H,18,21-24H2,1-10H3/t27-,29-/m0/s1. The van der Waals surface area contributed by atoms with Gasteiger partial charge in [-0.2, -0.15) is 0 Å². The number of rotatable bonds is 11. The quantitative estimate of drug-likeness (QED) is 0.183. The third-order valence-electron chi connectivity index (χ3n) is 9.07. The highest BCUT2D eigenvalue weighted by atomic mass is 32.2. The van der Waals surface area contributed by atoms with Crippen LogP contribution in [0.15, 0.2) is 54.6 Å². The third-order valence-corrected chi connectivity index (χ3v) is 19.5. The van der Waals surface area contributed by atoms with Gasteiger partial charge in [-0.25, -0.2) is 0 Å². The van der Waals surface area contributed by atoms with Crippen LogP contribution < -0.4 is 4.43 Å². The molecule has 0 N–H and O–H groups in total. The molecule has 3 rings (SSSR count). The van der Waals surface area contributed by atoms with Gasteiger partial charge in [0, 0.05) is 5.75 Å². The Morgan fingerprint density at radius 3 is 2.07 bits per heavy atom. The van der Waals surface area contributed by atoms with Crippen LogP contribution in [0.5, 0.6) is 5.75 Å². The van der Waals surface area contributed by atoms with Gasteiger partial charge in [0.1, 0.15) is 10.1 Å². The lowest BCUT2D eigenvalue weighted by Crippen LogP contribution is -2.46. The molecule has 1 aliphatic heterocycles. The van der Waals surface area contributed by atoms with Gasteiger partial charge in [0.05, 0.1) is 18.6 Å². The van der Waals surface area contributed by atoms with E-state index in [1.807, 2.05) is 11.0 Å². The van der Waals surface area contributed by atoms with E-state index in [2.05, 4.69) is 116 Å². The second-order valence-corrected chi connectivity index (χ2v) is 25.6. The summed E-state index contributed by atoms with van der Waals surface area (Å²) in [5.74, 6) is 1.87. The molecule has 2 aromatic rings. The molecule has 0 unspecified atom stereocenters. The number of thiocarbonyl (C=S) groups is 1. The number of hydrogen-bond donors (Lipinski definition) is 0. The van der Waals surface area contributed by atoms with Crippen molar-refractivity contribution in [2.24, 2.45) is 0 Å². The average molecular weight is 630 g/mol. The number of nitrogens with zero attached hydrogens (tertiary/aromatic N) is 1. The Hall–Kier alpha value is -1.46. The third kappa shape index (κ3) is 9.26. The lowest BCUT2D eigenvalue weighted by atomic mass is 10.0. The number of hydrogen-bond acceptors (Lipinski definition) is 5. The van der Waals surface area contributed by atoms with Crippen molar-refractivity contribution in [2.75, 3.05) is 5.75 Å². The lowest BCUT2D eigenvalue weighted by molar-refractivity contribution is -0.130. The first-order chi connectivity index (χ1) is 18.9. The zero-order chi connectivity index (χ0) is 30.6. The Morgan fingerprint density at radius 1 is 0.927 bits per heavy atom. The summed E-state index contributed by atoms with van der Waals surface area (Å²) < 4.78 is 14.1. The molecule has 0 spiro atoms. The number of thioether (sulfide) groups is 1. The maximum Gasteiger partial charge on any atom is 0.250 e. The first-order valence-electron chi connectivity index (χ1n) is 14.9. The Labute approximate surface area is 261 Å². The summed E-state index contributed by atoms with van der Waals surface area (Å²) in [5, 5.41) is 0.217. The Balaban J connectivity index is 1.72. The Bertz CT molecular complexity index is 1170. The highest BCUT2D eigenvalue weighted by Crippen LogP contribution is 2.39. The van der Waals surface area contributed by atoms with E-state index >= 15 is 0 Å². The van der Waals surface area contributed by atoms with E-state index in [0.717, 1.165) is 30.8 Å². The van der Waals surface area contributed by atoms with Crippen LogP contribution in [0.25, 0.3) is 0 Å². The molecule has 0 aliphatic carbocycles. The summed E-state index contributed by atoms with van der Waals surface area (Å²) in [7, 11) is -3.97. The Morgan fingerprint density at radius 2 is 1.51 bits per heavy atom. The maximum atomic E-state index is 13.8. The first kappa shape index (κ1) is 34.0. The van der Waals surface area contributed by atoms with Crippen molar-refractivity contribution >= 4 is 50.8 Å². The molecular weight excluding hydrogens is 579 g/mol. The van der Waals surface area contributed by atoms with E-state index in [4.69, 9.17) is 21.1 Å². The predicted molar refractivity (Wildman–Crippen MR) is 185 cm³/mol. The largest absolute Gasteiger partial charge is 0.544 e. The van der Waals surface area contributed by atoms with Gasteiger partial charge in [-0.15, -0.1) is 0 Å². The van der Waals surface area contributed by atoms with Gasteiger partial charge in [-0.3, -0.25) is 9.69 Å². The van der Waals surface area contributed by atoms with Crippen LogP contribution >= 0.6 is 24.0 Å². The van der Waals surface area contributed by atoms with Crippen molar-refractivity contribution in [3.63, 3.8) is 0 Å². The van der Waals surface area contributed by atoms with Crippen molar-refractivity contribution in [2.45, 2.75) is 116 Å². The lowest BCUT2D eigenvalue weighted by Gasteiger charge is -2.39. The topological polar surface area (TPSA) is 38.8 Å². The molecule has 1 aliphatic rings. The number of benzene rings is 2. The fourth-order valence-electron chi connectivity index (χ4n) is 4.39. The minimum Gasteiger partial charge on any atom is -0.544 e.